The minimum atomic E-state index is -1.74. The molecule has 0 aromatic heterocycles. The lowest BCUT2D eigenvalue weighted by Crippen LogP contribution is -2.59. The van der Waals surface area contributed by atoms with Crippen LogP contribution in [0, 0.1) is 0 Å². The summed E-state index contributed by atoms with van der Waals surface area (Å²) in [6, 6.07) is 7.26. The molecule has 5 atom stereocenters. The Kier molecular flexibility index (Phi) is 8.27. The molecule has 1 fully saturated rings. The molecule has 0 unspecified atom stereocenters. The van der Waals surface area contributed by atoms with E-state index in [9.17, 15) is 45.3 Å². The van der Waals surface area contributed by atoms with Gasteiger partial charge in [-0.25, -0.2) is 4.79 Å². The highest BCUT2D eigenvalue weighted by Crippen LogP contribution is 2.27. The van der Waals surface area contributed by atoms with Crippen molar-refractivity contribution in [2.45, 2.75) is 30.7 Å². The zero-order chi connectivity index (χ0) is 25.7. The fourth-order valence-electron chi connectivity index (χ4n) is 3.15. The fraction of sp³-hybridized carbons (Fsp3) is 0.304. The summed E-state index contributed by atoms with van der Waals surface area (Å²) >= 11 is 0. The van der Waals surface area contributed by atoms with Crippen molar-refractivity contribution in [1.82, 2.24) is 0 Å². The number of esters is 1. The molecular formula is C23H24O12. The van der Waals surface area contributed by atoms with Gasteiger partial charge in [0.05, 0.1) is 0 Å². The maximum absolute atomic E-state index is 12.3. The van der Waals surface area contributed by atoms with Gasteiger partial charge in [-0.3, -0.25) is 4.79 Å². The van der Waals surface area contributed by atoms with Crippen LogP contribution in [0.5, 0.6) is 23.0 Å². The van der Waals surface area contributed by atoms with Gasteiger partial charge in [-0.05, 0) is 42.0 Å². The van der Waals surface area contributed by atoms with Crippen molar-refractivity contribution >= 4 is 17.8 Å². The van der Waals surface area contributed by atoms with Gasteiger partial charge in [-0.15, -0.1) is 0 Å². The number of rotatable bonds is 8. The smallest absolute Gasteiger partial charge is 0.330 e. The number of aliphatic hydroxyl groups is 3. The molecular weight excluding hydrogens is 468 g/mol. The molecule has 35 heavy (non-hydrogen) atoms. The molecule has 1 aliphatic heterocycles. The standard InChI is InChI=1S/C23H24O12/c24-13-4-1-11(7-15(13)26)2-6-19(29)33-10-18-20(30)21(31)22(32)23(35-18)34-9-17(28)12-3-5-14(25)16(27)8-12/h1-8,18,20-27,30-32H,9-10H2/b6-2+/t18-,20-,21+,22-,23-/m1/s1. The molecule has 188 valence electrons. The van der Waals surface area contributed by atoms with Crippen molar-refractivity contribution in [3.8, 4) is 23.0 Å². The first-order valence-corrected chi connectivity index (χ1v) is 10.3. The molecule has 1 heterocycles. The van der Waals surface area contributed by atoms with Crippen LogP contribution in [0.1, 0.15) is 15.9 Å². The second kappa shape index (κ2) is 11.2. The molecule has 2 aromatic carbocycles. The highest BCUT2D eigenvalue weighted by Gasteiger charge is 2.45. The predicted molar refractivity (Wildman–Crippen MR) is 117 cm³/mol. The van der Waals surface area contributed by atoms with E-state index in [1.807, 2.05) is 0 Å². The molecule has 12 heteroatoms. The monoisotopic (exact) mass is 492 g/mol. The zero-order valence-electron chi connectivity index (χ0n) is 18.1. The molecule has 12 nitrogen and oxygen atoms in total. The topological polar surface area (TPSA) is 203 Å². The van der Waals surface area contributed by atoms with Gasteiger partial charge in [-0.1, -0.05) is 6.07 Å². The second-order valence-corrected chi connectivity index (χ2v) is 7.66. The van der Waals surface area contributed by atoms with Gasteiger partial charge in [0.15, 0.2) is 35.1 Å². The van der Waals surface area contributed by atoms with E-state index in [0.29, 0.717) is 5.56 Å². The van der Waals surface area contributed by atoms with E-state index in [1.54, 1.807) is 0 Å². The summed E-state index contributed by atoms with van der Waals surface area (Å²) < 4.78 is 15.6. The number of phenolic OH excluding ortho intramolecular Hbond substituents is 4. The van der Waals surface area contributed by atoms with Crippen molar-refractivity contribution in [3.05, 3.63) is 53.6 Å². The van der Waals surface area contributed by atoms with Crippen molar-refractivity contribution in [2.24, 2.45) is 0 Å². The summed E-state index contributed by atoms with van der Waals surface area (Å²) in [5.74, 6) is -3.12. The molecule has 2 aromatic rings. The zero-order valence-corrected chi connectivity index (χ0v) is 18.1. The van der Waals surface area contributed by atoms with Crippen molar-refractivity contribution in [3.63, 3.8) is 0 Å². The maximum Gasteiger partial charge on any atom is 0.330 e. The number of aliphatic hydroxyl groups excluding tert-OH is 3. The molecule has 0 saturated carbocycles. The number of benzene rings is 2. The lowest BCUT2D eigenvalue weighted by molar-refractivity contribution is -0.298. The van der Waals surface area contributed by atoms with Crippen LogP contribution >= 0.6 is 0 Å². The van der Waals surface area contributed by atoms with Gasteiger partial charge in [0.1, 0.15) is 37.6 Å². The van der Waals surface area contributed by atoms with Crippen LogP contribution in [0.15, 0.2) is 42.5 Å². The third-order valence-electron chi connectivity index (χ3n) is 5.15. The van der Waals surface area contributed by atoms with E-state index >= 15 is 0 Å². The predicted octanol–water partition coefficient (Wildman–Crippen LogP) is -0.228. The number of carbonyl (C=O) groups is 2. The molecule has 1 saturated heterocycles. The number of aromatic hydroxyl groups is 4. The van der Waals surface area contributed by atoms with E-state index in [2.05, 4.69) is 0 Å². The molecule has 3 rings (SSSR count). The Morgan fingerprint density at radius 1 is 0.857 bits per heavy atom. The average molecular weight is 492 g/mol. The Bertz CT molecular complexity index is 1100. The van der Waals surface area contributed by atoms with Crippen LogP contribution in [0.3, 0.4) is 0 Å². The number of ether oxygens (including phenoxy) is 3. The molecule has 0 bridgehead atoms. The van der Waals surface area contributed by atoms with Crippen LogP contribution in [-0.4, -0.2) is 91.4 Å². The highest BCUT2D eigenvalue weighted by atomic mass is 16.7. The van der Waals surface area contributed by atoms with Gasteiger partial charge >= 0.3 is 5.97 Å². The number of carbonyl (C=O) groups excluding carboxylic acids is 2. The molecule has 0 aliphatic carbocycles. The van der Waals surface area contributed by atoms with E-state index in [4.69, 9.17) is 14.2 Å². The number of hydrogen-bond acceptors (Lipinski definition) is 12. The largest absolute Gasteiger partial charge is 0.504 e. The average Bonchev–Trinajstić information content (AvgIpc) is 2.83. The second-order valence-electron chi connectivity index (χ2n) is 7.66. The van der Waals surface area contributed by atoms with Gasteiger partial charge in [0.2, 0.25) is 0 Å². The first-order valence-electron chi connectivity index (χ1n) is 10.3. The Balaban J connectivity index is 1.55. The summed E-state index contributed by atoms with van der Waals surface area (Å²) in [6.45, 7) is -1.17. The summed E-state index contributed by atoms with van der Waals surface area (Å²) in [5, 5.41) is 67.9. The first kappa shape index (κ1) is 25.9. The number of ketones is 1. The number of Topliss-reactive ketones (excluding diaryl/α,β-unsaturated/α-hetero) is 1. The Morgan fingerprint density at radius 3 is 2.17 bits per heavy atom. The van der Waals surface area contributed by atoms with Crippen molar-refractivity contribution < 1.29 is 59.5 Å². The van der Waals surface area contributed by atoms with Crippen LogP contribution in [-0.2, 0) is 19.0 Å². The van der Waals surface area contributed by atoms with E-state index < -0.39 is 67.2 Å². The lowest BCUT2D eigenvalue weighted by atomic mass is 9.99. The molecule has 0 spiro atoms. The Morgan fingerprint density at radius 2 is 1.51 bits per heavy atom. The van der Waals surface area contributed by atoms with Gasteiger partial charge in [0, 0.05) is 11.6 Å². The van der Waals surface area contributed by atoms with Crippen LogP contribution in [0.25, 0.3) is 6.08 Å². The normalized spacial score (nSPS) is 24.4. The quantitative estimate of drug-likeness (QED) is 0.111. The highest BCUT2D eigenvalue weighted by molar-refractivity contribution is 5.97. The van der Waals surface area contributed by atoms with Gasteiger partial charge < -0.3 is 50.0 Å². The van der Waals surface area contributed by atoms with Crippen LogP contribution < -0.4 is 0 Å². The molecule has 0 amide bonds. The van der Waals surface area contributed by atoms with Crippen molar-refractivity contribution in [2.75, 3.05) is 13.2 Å². The third-order valence-corrected chi connectivity index (χ3v) is 5.15. The summed E-state index contributed by atoms with van der Waals surface area (Å²) in [7, 11) is 0. The fourth-order valence-corrected chi connectivity index (χ4v) is 3.15. The lowest BCUT2D eigenvalue weighted by Gasteiger charge is -2.39. The van der Waals surface area contributed by atoms with E-state index in [1.165, 1.54) is 30.3 Å². The van der Waals surface area contributed by atoms with Crippen molar-refractivity contribution in [1.29, 1.82) is 0 Å². The minimum Gasteiger partial charge on any atom is -0.504 e. The molecule has 1 aliphatic rings. The summed E-state index contributed by atoms with van der Waals surface area (Å²) in [6.07, 6.45) is -5.63. The SMILES string of the molecule is O=C(/C=C/c1ccc(O)c(O)c1)OC[C@H]1O[C@@H](OCC(=O)c2ccc(O)c(O)c2)[C@H](O)[C@@H](O)[C@@H]1O. The first-order chi connectivity index (χ1) is 16.6. The Hall–Kier alpha value is -3.68. The van der Waals surface area contributed by atoms with Gasteiger partial charge in [0.25, 0.3) is 0 Å². The van der Waals surface area contributed by atoms with Crippen LogP contribution in [0.4, 0.5) is 0 Å². The van der Waals surface area contributed by atoms with Gasteiger partial charge in [-0.2, -0.15) is 0 Å². The molecule has 0 radical (unpaired) electrons. The third kappa shape index (κ3) is 6.47. The summed E-state index contributed by atoms with van der Waals surface area (Å²) in [4.78, 5) is 24.2. The Labute approximate surface area is 198 Å². The number of hydrogen-bond donors (Lipinski definition) is 7. The maximum atomic E-state index is 12.3. The molecule has 7 N–H and O–H groups in total. The van der Waals surface area contributed by atoms with Crippen LogP contribution in [0.2, 0.25) is 0 Å². The number of phenols is 4. The minimum absolute atomic E-state index is 0.00500. The summed E-state index contributed by atoms with van der Waals surface area (Å²) in [5.41, 5.74) is 0.398. The van der Waals surface area contributed by atoms with E-state index in [0.717, 1.165) is 18.2 Å². The van der Waals surface area contributed by atoms with E-state index in [-0.39, 0.29) is 17.1 Å².